The minimum absolute atomic E-state index is 0.0131. The topological polar surface area (TPSA) is 169 Å². The Labute approximate surface area is 198 Å². The van der Waals surface area contributed by atoms with Crippen molar-refractivity contribution in [2.24, 2.45) is 4.99 Å². The molecule has 35 heavy (non-hydrogen) atoms. The second kappa shape index (κ2) is 9.61. The maximum absolute atomic E-state index is 12.7. The van der Waals surface area contributed by atoms with Crippen LogP contribution in [0.3, 0.4) is 0 Å². The van der Waals surface area contributed by atoms with Crippen LogP contribution < -0.4 is 20.7 Å². The van der Waals surface area contributed by atoms with Gasteiger partial charge in [-0.2, -0.15) is 0 Å². The number of anilines is 1. The van der Waals surface area contributed by atoms with Crippen LogP contribution >= 0.6 is 0 Å². The third-order valence-electron chi connectivity index (χ3n) is 4.71. The first-order valence-corrected chi connectivity index (χ1v) is 11.4. The fraction of sp³-hybridized carbons (Fsp3) is 0.0455. The number of methoxy groups -OCH3 is 1. The van der Waals surface area contributed by atoms with Crippen LogP contribution in [0.2, 0.25) is 0 Å². The number of nitrogens with zero attached hydrogens (tertiary/aromatic N) is 4. The first kappa shape index (κ1) is 23.4. The van der Waals surface area contributed by atoms with Crippen LogP contribution in [0.15, 0.2) is 86.5 Å². The van der Waals surface area contributed by atoms with E-state index in [2.05, 4.69) is 24.7 Å². The molecular weight excluding hydrogens is 476 g/mol. The molecular formula is C22H18N6O6S. The summed E-state index contributed by atoms with van der Waals surface area (Å²) in [5.74, 6) is -0.644. The quantitative estimate of drug-likeness (QED) is 0.325. The summed E-state index contributed by atoms with van der Waals surface area (Å²) in [7, 11) is -2.66. The third-order valence-corrected chi connectivity index (χ3v) is 6.07. The SMILES string of the molecule is COc1nccnc1NS(=O)(=O)c1ccc(N=Cc2c(O)n(-c3ccccc3)c(=O)[nH]c2=O)cc1. The molecule has 0 aliphatic carbocycles. The predicted octanol–water partition coefficient (Wildman–Crippen LogP) is 1.58. The molecule has 0 aliphatic heterocycles. The number of H-pyrrole nitrogens is 1. The largest absolute Gasteiger partial charge is 0.493 e. The van der Waals surface area contributed by atoms with Crippen molar-refractivity contribution in [1.29, 1.82) is 0 Å². The van der Waals surface area contributed by atoms with Crippen LogP contribution in [0, 0.1) is 0 Å². The summed E-state index contributed by atoms with van der Waals surface area (Å²) in [6.45, 7) is 0. The van der Waals surface area contributed by atoms with Crippen LogP contribution in [-0.2, 0) is 10.0 Å². The van der Waals surface area contributed by atoms with Crippen LogP contribution in [0.25, 0.3) is 5.69 Å². The summed E-state index contributed by atoms with van der Waals surface area (Å²) < 4.78 is 33.6. The molecule has 0 atom stereocenters. The molecule has 2 heterocycles. The molecule has 178 valence electrons. The Bertz CT molecular complexity index is 1610. The lowest BCUT2D eigenvalue weighted by Crippen LogP contribution is -2.31. The van der Waals surface area contributed by atoms with E-state index in [9.17, 15) is 23.1 Å². The van der Waals surface area contributed by atoms with Crippen molar-refractivity contribution in [3.63, 3.8) is 0 Å². The first-order chi connectivity index (χ1) is 16.8. The van der Waals surface area contributed by atoms with Crippen molar-refractivity contribution in [2.45, 2.75) is 4.90 Å². The number of aromatic nitrogens is 4. The summed E-state index contributed by atoms with van der Waals surface area (Å²) in [5, 5.41) is 10.6. The summed E-state index contributed by atoms with van der Waals surface area (Å²) in [5.41, 5.74) is -1.25. The highest BCUT2D eigenvalue weighted by molar-refractivity contribution is 7.92. The Morgan fingerprint density at radius 3 is 2.43 bits per heavy atom. The molecule has 12 nitrogen and oxygen atoms in total. The van der Waals surface area contributed by atoms with E-state index >= 15 is 0 Å². The number of ether oxygens (including phenoxy) is 1. The molecule has 0 unspecified atom stereocenters. The maximum atomic E-state index is 12.7. The molecule has 13 heteroatoms. The van der Waals surface area contributed by atoms with Crippen molar-refractivity contribution >= 4 is 27.7 Å². The lowest BCUT2D eigenvalue weighted by molar-refractivity contribution is 0.398. The predicted molar refractivity (Wildman–Crippen MR) is 127 cm³/mol. The van der Waals surface area contributed by atoms with Crippen LogP contribution in [0.5, 0.6) is 11.8 Å². The average molecular weight is 494 g/mol. The number of aliphatic imine (C=N–C) groups is 1. The number of rotatable bonds is 7. The molecule has 4 rings (SSSR count). The van der Waals surface area contributed by atoms with Crippen molar-refractivity contribution < 1.29 is 18.3 Å². The number of hydrogen-bond acceptors (Lipinski definition) is 9. The molecule has 4 aromatic rings. The molecule has 0 radical (unpaired) electrons. The Kier molecular flexibility index (Phi) is 6.42. The van der Waals surface area contributed by atoms with Crippen molar-refractivity contribution in [1.82, 2.24) is 19.5 Å². The fourth-order valence-corrected chi connectivity index (χ4v) is 4.06. The summed E-state index contributed by atoms with van der Waals surface area (Å²) in [4.78, 5) is 38.4. The van der Waals surface area contributed by atoms with Gasteiger partial charge in [0.15, 0.2) is 0 Å². The number of benzene rings is 2. The minimum atomic E-state index is -4.00. The van der Waals surface area contributed by atoms with Gasteiger partial charge in [0.1, 0.15) is 5.56 Å². The zero-order chi connectivity index (χ0) is 25.0. The maximum Gasteiger partial charge on any atom is 0.335 e. The normalized spacial score (nSPS) is 11.5. The van der Waals surface area contributed by atoms with Gasteiger partial charge in [-0.1, -0.05) is 18.2 Å². The summed E-state index contributed by atoms with van der Waals surface area (Å²) >= 11 is 0. The minimum Gasteiger partial charge on any atom is -0.493 e. The molecule has 0 fully saturated rings. The number of hydrogen-bond donors (Lipinski definition) is 3. The van der Waals surface area contributed by atoms with E-state index in [-0.39, 0.29) is 27.8 Å². The highest BCUT2D eigenvalue weighted by Crippen LogP contribution is 2.23. The fourth-order valence-electron chi connectivity index (χ4n) is 3.05. The number of aromatic amines is 1. The Balaban J connectivity index is 1.61. The van der Waals surface area contributed by atoms with Crippen LogP contribution in [-0.4, -0.2) is 46.4 Å². The van der Waals surface area contributed by atoms with Crippen molar-refractivity contribution in [3.8, 4) is 17.4 Å². The molecule has 2 aromatic carbocycles. The van der Waals surface area contributed by atoms with Gasteiger partial charge in [-0.05, 0) is 36.4 Å². The van der Waals surface area contributed by atoms with E-state index in [1.54, 1.807) is 30.3 Å². The number of sulfonamides is 1. The van der Waals surface area contributed by atoms with Gasteiger partial charge in [0.2, 0.25) is 11.7 Å². The van der Waals surface area contributed by atoms with Gasteiger partial charge < -0.3 is 9.84 Å². The van der Waals surface area contributed by atoms with E-state index < -0.39 is 27.2 Å². The van der Waals surface area contributed by atoms with Gasteiger partial charge >= 0.3 is 5.69 Å². The van der Waals surface area contributed by atoms with Gasteiger partial charge in [-0.3, -0.25) is 19.5 Å². The summed E-state index contributed by atoms with van der Waals surface area (Å²) in [6.07, 6.45) is 3.76. The van der Waals surface area contributed by atoms with E-state index in [4.69, 9.17) is 4.74 Å². The molecule has 0 amide bonds. The first-order valence-electron chi connectivity index (χ1n) is 9.96. The molecule has 2 aromatic heterocycles. The zero-order valence-electron chi connectivity index (χ0n) is 18.1. The van der Waals surface area contributed by atoms with E-state index in [1.807, 2.05) is 0 Å². The van der Waals surface area contributed by atoms with Gasteiger partial charge in [0.05, 0.1) is 23.4 Å². The van der Waals surface area contributed by atoms with Crippen LogP contribution in [0.4, 0.5) is 11.5 Å². The zero-order valence-corrected chi connectivity index (χ0v) is 18.9. The second-order valence-corrected chi connectivity index (χ2v) is 8.62. The average Bonchev–Trinajstić information content (AvgIpc) is 2.85. The molecule has 3 N–H and O–H groups in total. The number of nitrogens with one attached hydrogen (secondary N) is 2. The Morgan fingerprint density at radius 2 is 1.74 bits per heavy atom. The van der Waals surface area contributed by atoms with E-state index in [0.29, 0.717) is 5.69 Å². The van der Waals surface area contributed by atoms with E-state index in [1.165, 1.54) is 43.8 Å². The van der Waals surface area contributed by atoms with Gasteiger partial charge in [0.25, 0.3) is 21.5 Å². The smallest absolute Gasteiger partial charge is 0.335 e. The van der Waals surface area contributed by atoms with Gasteiger partial charge in [-0.25, -0.2) is 27.7 Å². The molecule has 0 aliphatic rings. The third kappa shape index (κ3) is 4.94. The molecule has 0 saturated carbocycles. The summed E-state index contributed by atoms with van der Waals surface area (Å²) in [6, 6.07) is 13.7. The molecule has 0 bridgehead atoms. The van der Waals surface area contributed by atoms with E-state index in [0.717, 1.165) is 10.8 Å². The highest BCUT2D eigenvalue weighted by Gasteiger charge is 2.18. The van der Waals surface area contributed by atoms with Crippen molar-refractivity contribution in [3.05, 3.63) is 93.4 Å². The van der Waals surface area contributed by atoms with Gasteiger partial charge in [0, 0.05) is 18.6 Å². The standard InChI is InChI=1S/C22H18N6O6S/c1-34-20-18(23-11-12-24-20)27-35(32,33)16-9-7-14(8-10-16)25-13-17-19(29)26-22(31)28(21(17)30)15-5-3-2-4-6-15/h2-13,30H,1H3,(H,23,27)(H,26,29,31). The lowest BCUT2D eigenvalue weighted by Gasteiger charge is -2.10. The molecule has 0 saturated heterocycles. The number of aromatic hydroxyl groups is 1. The van der Waals surface area contributed by atoms with Crippen molar-refractivity contribution in [2.75, 3.05) is 11.8 Å². The highest BCUT2D eigenvalue weighted by atomic mass is 32.2. The monoisotopic (exact) mass is 494 g/mol. The van der Waals surface area contributed by atoms with Gasteiger partial charge in [-0.15, -0.1) is 0 Å². The lowest BCUT2D eigenvalue weighted by atomic mass is 10.3. The number of para-hydroxylation sites is 1. The second-order valence-electron chi connectivity index (χ2n) is 6.94. The Hall–Kier alpha value is -4.78. The Morgan fingerprint density at radius 1 is 1.06 bits per heavy atom. The van der Waals surface area contributed by atoms with Crippen LogP contribution in [0.1, 0.15) is 5.56 Å². The molecule has 0 spiro atoms.